The SMILES string of the molecule is CCC(Sc1cccc(F)c1[N+](=O)[O-])C(=O)O. The van der Waals surface area contributed by atoms with Crippen molar-refractivity contribution in [3.05, 3.63) is 34.1 Å². The van der Waals surface area contributed by atoms with E-state index in [0.29, 0.717) is 6.42 Å². The second kappa shape index (κ2) is 5.62. The summed E-state index contributed by atoms with van der Waals surface area (Å²) in [5.74, 6) is -2.03. The normalized spacial score (nSPS) is 12.1. The molecule has 92 valence electrons. The minimum atomic E-state index is -1.07. The molecule has 1 unspecified atom stereocenters. The Morgan fingerprint density at radius 3 is 2.76 bits per heavy atom. The zero-order valence-electron chi connectivity index (χ0n) is 8.92. The number of para-hydroxylation sites is 1. The van der Waals surface area contributed by atoms with E-state index in [1.54, 1.807) is 6.92 Å². The number of hydrogen-bond acceptors (Lipinski definition) is 4. The molecule has 0 fully saturated rings. The van der Waals surface area contributed by atoms with Crippen LogP contribution in [0.25, 0.3) is 0 Å². The minimum absolute atomic E-state index is 0.0317. The van der Waals surface area contributed by atoms with Crippen LogP contribution in [0.15, 0.2) is 23.1 Å². The van der Waals surface area contributed by atoms with Crippen LogP contribution in [-0.2, 0) is 4.79 Å². The summed E-state index contributed by atoms with van der Waals surface area (Å²) in [6.07, 6.45) is 0.299. The summed E-state index contributed by atoms with van der Waals surface area (Å²) in [6.45, 7) is 1.65. The summed E-state index contributed by atoms with van der Waals surface area (Å²) in [7, 11) is 0. The Bertz CT molecular complexity index is 452. The number of hydrogen-bond donors (Lipinski definition) is 1. The van der Waals surface area contributed by atoms with Gasteiger partial charge in [-0.3, -0.25) is 14.9 Å². The van der Waals surface area contributed by atoms with Crippen LogP contribution < -0.4 is 0 Å². The third-order valence-corrected chi connectivity index (χ3v) is 3.45. The first-order chi connectivity index (χ1) is 7.97. The van der Waals surface area contributed by atoms with Crippen molar-refractivity contribution in [1.82, 2.24) is 0 Å². The van der Waals surface area contributed by atoms with Gasteiger partial charge in [0.1, 0.15) is 5.25 Å². The van der Waals surface area contributed by atoms with Gasteiger partial charge in [0.25, 0.3) is 0 Å². The number of carboxylic acids is 1. The smallest absolute Gasteiger partial charge is 0.318 e. The molecule has 0 heterocycles. The second-order valence-electron chi connectivity index (χ2n) is 3.20. The highest BCUT2D eigenvalue weighted by atomic mass is 32.2. The molecular weight excluding hydrogens is 249 g/mol. The minimum Gasteiger partial charge on any atom is -0.480 e. The first-order valence-electron chi connectivity index (χ1n) is 4.79. The third-order valence-electron chi connectivity index (χ3n) is 2.05. The lowest BCUT2D eigenvalue weighted by Gasteiger charge is -2.09. The van der Waals surface area contributed by atoms with Crippen molar-refractivity contribution in [2.75, 3.05) is 0 Å². The number of nitrogens with zero attached hydrogens (tertiary/aromatic N) is 1. The van der Waals surface area contributed by atoms with E-state index in [1.165, 1.54) is 12.1 Å². The molecule has 1 N–H and O–H groups in total. The largest absolute Gasteiger partial charge is 0.480 e. The summed E-state index contributed by atoms with van der Waals surface area (Å²) in [4.78, 5) is 20.7. The van der Waals surface area contributed by atoms with Crippen LogP contribution >= 0.6 is 11.8 Å². The molecule has 1 aromatic rings. The molecule has 0 aromatic heterocycles. The third kappa shape index (κ3) is 3.16. The molecule has 0 spiro atoms. The standard InChI is InChI=1S/C10H10FNO4S/c1-2-7(10(13)14)17-8-5-3-4-6(11)9(8)12(15)16/h3-5,7H,2H2,1H3,(H,13,14). The van der Waals surface area contributed by atoms with E-state index >= 15 is 0 Å². The Morgan fingerprint density at radius 1 is 1.65 bits per heavy atom. The van der Waals surface area contributed by atoms with Gasteiger partial charge in [-0.25, -0.2) is 0 Å². The number of rotatable bonds is 5. The number of nitro benzene ring substituents is 1. The molecule has 1 aromatic carbocycles. The van der Waals surface area contributed by atoms with E-state index in [0.717, 1.165) is 17.8 Å². The van der Waals surface area contributed by atoms with Gasteiger partial charge >= 0.3 is 11.7 Å². The molecule has 17 heavy (non-hydrogen) atoms. The van der Waals surface area contributed by atoms with E-state index in [2.05, 4.69) is 0 Å². The number of nitro groups is 1. The van der Waals surface area contributed by atoms with Crippen molar-refractivity contribution >= 4 is 23.4 Å². The maximum absolute atomic E-state index is 13.3. The molecular formula is C10H10FNO4S. The van der Waals surface area contributed by atoms with Gasteiger partial charge in [-0.05, 0) is 18.6 Å². The number of carboxylic acid groups (broad SMARTS) is 1. The molecule has 0 aliphatic rings. The average Bonchev–Trinajstić information content (AvgIpc) is 2.24. The van der Waals surface area contributed by atoms with E-state index in [-0.39, 0.29) is 4.90 Å². The summed E-state index contributed by atoms with van der Waals surface area (Å²) in [5.41, 5.74) is -0.669. The highest BCUT2D eigenvalue weighted by molar-refractivity contribution is 8.00. The zero-order valence-corrected chi connectivity index (χ0v) is 9.74. The number of carbonyl (C=O) groups is 1. The lowest BCUT2D eigenvalue weighted by molar-refractivity contribution is -0.390. The van der Waals surface area contributed by atoms with Gasteiger partial charge in [-0.2, -0.15) is 4.39 Å². The van der Waals surface area contributed by atoms with Gasteiger partial charge in [-0.1, -0.05) is 13.0 Å². The van der Waals surface area contributed by atoms with Gasteiger partial charge in [0, 0.05) is 0 Å². The highest BCUT2D eigenvalue weighted by Gasteiger charge is 2.25. The van der Waals surface area contributed by atoms with Gasteiger partial charge < -0.3 is 5.11 Å². The topological polar surface area (TPSA) is 80.4 Å². The monoisotopic (exact) mass is 259 g/mol. The quantitative estimate of drug-likeness (QED) is 0.499. The first-order valence-corrected chi connectivity index (χ1v) is 5.67. The van der Waals surface area contributed by atoms with Crippen LogP contribution in [0.2, 0.25) is 0 Å². The van der Waals surface area contributed by atoms with E-state index in [9.17, 15) is 19.3 Å². The van der Waals surface area contributed by atoms with Gasteiger partial charge in [0.05, 0.1) is 9.82 Å². The van der Waals surface area contributed by atoms with Crippen LogP contribution in [0.3, 0.4) is 0 Å². The predicted octanol–water partition coefficient (Wildman–Crippen LogP) is 2.69. The van der Waals surface area contributed by atoms with Crippen LogP contribution in [-0.4, -0.2) is 21.2 Å². The summed E-state index contributed by atoms with van der Waals surface area (Å²) < 4.78 is 13.3. The Hall–Kier alpha value is -1.63. The molecule has 1 rings (SSSR count). The van der Waals surface area contributed by atoms with Gasteiger partial charge in [0.2, 0.25) is 5.82 Å². The number of aliphatic carboxylic acids is 1. The summed E-state index contributed by atoms with van der Waals surface area (Å²) in [5, 5.41) is 18.7. The Morgan fingerprint density at radius 2 is 2.29 bits per heavy atom. The van der Waals surface area contributed by atoms with E-state index < -0.39 is 27.6 Å². The fourth-order valence-electron chi connectivity index (χ4n) is 1.23. The van der Waals surface area contributed by atoms with Crippen molar-refractivity contribution < 1.29 is 19.2 Å². The maximum Gasteiger partial charge on any atom is 0.318 e. The molecule has 0 saturated carbocycles. The number of benzene rings is 1. The van der Waals surface area contributed by atoms with E-state index in [1.807, 2.05) is 0 Å². The Labute approximate surface area is 101 Å². The highest BCUT2D eigenvalue weighted by Crippen LogP contribution is 2.34. The van der Waals surface area contributed by atoms with E-state index in [4.69, 9.17) is 5.11 Å². The molecule has 7 heteroatoms. The van der Waals surface area contributed by atoms with Crippen LogP contribution in [0.5, 0.6) is 0 Å². The Kier molecular flexibility index (Phi) is 4.45. The fraction of sp³-hybridized carbons (Fsp3) is 0.300. The van der Waals surface area contributed by atoms with Gasteiger partial charge in [0.15, 0.2) is 0 Å². The zero-order chi connectivity index (χ0) is 13.0. The molecule has 0 aliphatic carbocycles. The molecule has 5 nitrogen and oxygen atoms in total. The second-order valence-corrected chi connectivity index (χ2v) is 4.44. The number of thioether (sulfide) groups is 1. The first kappa shape index (κ1) is 13.4. The molecule has 0 radical (unpaired) electrons. The van der Waals surface area contributed by atoms with Crippen molar-refractivity contribution in [3.63, 3.8) is 0 Å². The number of halogens is 1. The van der Waals surface area contributed by atoms with Crippen molar-refractivity contribution in [2.24, 2.45) is 0 Å². The lowest BCUT2D eigenvalue weighted by atomic mass is 10.3. The predicted molar refractivity (Wildman–Crippen MR) is 60.6 cm³/mol. The van der Waals surface area contributed by atoms with Crippen molar-refractivity contribution in [3.8, 4) is 0 Å². The fourth-order valence-corrected chi connectivity index (χ4v) is 2.24. The average molecular weight is 259 g/mol. The molecule has 0 saturated heterocycles. The lowest BCUT2D eigenvalue weighted by Crippen LogP contribution is -2.15. The van der Waals surface area contributed by atoms with Crippen LogP contribution in [0.4, 0.5) is 10.1 Å². The summed E-state index contributed by atoms with van der Waals surface area (Å²) >= 11 is 0.785. The molecule has 1 atom stereocenters. The summed E-state index contributed by atoms with van der Waals surface area (Å²) in [6, 6.07) is 3.64. The van der Waals surface area contributed by atoms with Gasteiger partial charge in [-0.15, -0.1) is 11.8 Å². The Balaban J connectivity index is 3.10. The van der Waals surface area contributed by atoms with Crippen molar-refractivity contribution in [1.29, 1.82) is 0 Å². The van der Waals surface area contributed by atoms with Crippen LogP contribution in [0.1, 0.15) is 13.3 Å². The van der Waals surface area contributed by atoms with Crippen LogP contribution in [0, 0.1) is 15.9 Å². The molecule has 0 bridgehead atoms. The van der Waals surface area contributed by atoms with Crippen molar-refractivity contribution in [2.45, 2.75) is 23.5 Å². The molecule has 0 amide bonds. The molecule has 0 aliphatic heterocycles. The maximum atomic E-state index is 13.3.